The number of rotatable bonds is 4. The number of hydrogen-bond donors (Lipinski definition) is 0. The second kappa shape index (κ2) is 7.88. The summed E-state index contributed by atoms with van der Waals surface area (Å²) in [6.07, 6.45) is 2.84. The molecule has 2 aliphatic rings. The molecule has 1 aromatic heterocycles. The Hall–Kier alpha value is -2.24. The fourth-order valence-electron chi connectivity index (χ4n) is 4.47. The summed E-state index contributed by atoms with van der Waals surface area (Å²) < 4.78 is 1.09. The molecule has 1 aliphatic carbocycles. The third kappa shape index (κ3) is 3.94. The lowest BCUT2D eigenvalue weighted by molar-refractivity contribution is -0.134. The highest BCUT2D eigenvalue weighted by Gasteiger charge is 2.46. The quantitative estimate of drug-likeness (QED) is 0.590. The van der Waals surface area contributed by atoms with Crippen LogP contribution in [-0.4, -0.2) is 46.9 Å². The minimum Gasteiger partial charge on any atom is -0.340 e. The smallest absolute Gasteiger partial charge is 0.226 e. The number of aromatic nitrogens is 1. The monoisotopic (exact) mass is 449 g/mol. The Balaban J connectivity index is 1.18. The van der Waals surface area contributed by atoms with Gasteiger partial charge in [0, 0.05) is 54.7 Å². The first-order valence-corrected chi connectivity index (χ1v) is 11.1. The zero-order valence-corrected chi connectivity index (χ0v) is 17.9. The summed E-state index contributed by atoms with van der Waals surface area (Å²) in [4.78, 5) is 22.0. The van der Waals surface area contributed by atoms with Gasteiger partial charge >= 0.3 is 0 Å². The van der Waals surface area contributed by atoms with E-state index in [0.29, 0.717) is 11.8 Å². The third-order valence-electron chi connectivity index (χ3n) is 6.18. The van der Waals surface area contributed by atoms with E-state index in [-0.39, 0.29) is 5.92 Å². The molecule has 0 radical (unpaired) electrons. The lowest BCUT2D eigenvalue weighted by atomic mass is 10.1. The molecule has 3 aromatic rings. The Labute approximate surface area is 179 Å². The molecule has 1 saturated carbocycles. The molecule has 1 saturated heterocycles. The first-order valence-electron chi connectivity index (χ1n) is 10.3. The molecule has 2 heterocycles. The van der Waals surface area contributed by atoms with E-state index in [9.17, 15) is 4.79 Å². The Bertz CT molecular complexity index is 1040. The van der Waals surface area contributed by atoms with Crippen LogP contribution >= 0.6 is 15.9 Å². The number of fused-ring (bicyclic) bond motifs is 1. The minimum atomic E-state index is 0.165. The van der Waals surface area contributed by atoms with Crippen LogP contribution in [0.15, 0.2) is 65.3 Å². The van der Waals surface area contributed by atoms with Gasteiger partial charge in [0.1, 0.15) is 0 Å². The fraction of sp³-hybridized carbons (Fsp3) is 0.333. The van der Waals surface area contributed by atoms with Crippen molar-refractivity contribution in [1.82, 2.24) is 14.8 Å². The molecule has 2 fully saturated rings. The number of amides is 1. The summed E-state index contributed by atoms with van der Waals surface area (Å²) in [7, 11) is 0. The summed E-state index contributed by atoms with van der Waals surface area (Å²) >= 11 is 3.54. The highest BCUT2D eigenvalue weighted by Crippen LogP contribution is 2.49. The van der Waals surface area contributed by atoms with Crippen LogP contribution in [0.3, 0.4) is 0 Å². The minimum absolute atomic E-state index is 0.165. The summed E-state index contributed by atoms with van der Waals surface area (Å²) in [5.74, 6) is 0.888. The molecule has 2 unspecified atom stereocenters. The molecular formula is C24H24BrN3O. The van der Waals surface area contributed by atoms with Crippen LogP contribution in [0, 0.1) is 5.92 Å². The van der Waals surface area contributed by atoms with Crippen molar-refractivity contribution >= 4 is 32.7 Å². The molecule has 29 heavy (non-hydrogen) atoms. The average Bonchev–Trinajstić information content (AvgIpc) is 3.55. The average molecular weight is 450 g/mol. The van der Waals surface area contributed by atoms with Crippen LogP contribution in [0.5, 0.6) is 0 Å². The Morgan fingerprint density at radius 2 is 1.83 bits per heavy atom. The summed E-state index contributed by atoms with van der Waals surface area (Å²) in [6, 6.07) is 18.9. The maximum atomic E-state index is 13.0. The molecule has 2 atom stereocenters. The Kier molecular flexibility index (Phi) is 5.10. The van der Waals surface area contributed by atoms with Gasteiger partial charge in [0.15, 0.2) is 0 Å². The molecule has 148 valence electrons. The largest absolute Gasteiger partial charge is 0.340 e. The molecule has 0 spiro atoms. The number of piperazine rings is 1. The lowest BCUT2D eigenvalue weighted by Crippen LogP contribution is -2.48. The number of hydrogen-bond acceptors (Lipinski definition) is 3. The molecule has 1 aliphatic heterocycles. The van der Waals surface area contributed by atoms with E-state index in [0.717, 1.165) is 49.1 Å². The van der Waals surface area contributed by atoms with Gasteiger partial charge in [0.2, 0.25) is 5.91 Å². The van der Waals surface area contributed by atoms with Crippen LogP contribution in [0.4, 0.5) is 0 Å². The van der Waals surface area contributed by atoms with Gasteiger partial charge in [-0.05, 0) is 41.7 Å². The lowest BCUT2D eigenvalue weighted by Gasteiger charge is -2.35. The van der Waals surface area contributed by atoms with E-state index in [1.165, 1.54) is 16.5 Å². The van der Waals surface area contributed by atoms with Gasteiger partial charge in [-0.2, -0.15) is 0 Å². The summed E-state index contributed by atoms with van der Waals surface area (Å²) in [5.41, 5.74) is 3.63. The van der Waals surface area contributed by atoms with Crippen molar-refractivity contribution in [3.63, 3.8) is 0 Å². The molecule has 0 bridgehead atoms. The van der Waals surface area contributed by atoms with Gasteiger partial charge in [0.25, 0.3) is 0 Å². The SMILES string of the molecule is O=C(C1CC1c1cccc(Br)c1)N1CCN(Cc2cccc3cccnc23)CC1. The molecular weight excluding hydrogens is 426 g/mol. The normalized spacial score (nSPS) is 22.0. The van der Waals surface area contributed by atoms with Crippen molar-refractivity contribution < 1.29 is 4.79 Å². The van der Waals surface area contributed by atoms with Gasteiger partial charge in [-0.15, -0.1) is 0 Å². The second-order valence-corrected chi connectivity index (χ2v) is 9.01. The molecule has 2 aromatic carbocycles. The van der Waals surface area contributed by atoms with Gasteiger partial charge in [-0.25, -0.2) is 0 Å². The Morgan fingerprint density at radius 1 is 1.03 bits per heavy atom. The van der Waals surface area contributed by atoms with E-state index in [4.69, 9.17) is 0 Å². The predicted octanol–water partition coefficient (Wildman–Crippen LogP) is 4.45. The predicted molar refractivity (Wildman–Crippen MR) is 119 cm³/mol. The van der Waals surface area contributed by atoms with Gasteiger partial charge < -0.3 is 4.90 Å². The number of nitrogens with zero attached hydrogens (tertiary/aromatic N) is 3. The highest BCUT2D eigenvalue weighted by molar-refractivity contribution is 9.10. The van der Waals surface area contributed by atoms with Gasteiger partial charge in [0.05, 0.1) is 5.52 Å². The van der Waals surface area contributed by atoms with E-state index in [1.54, 1.807) is 0 Å². The van der Waals surface area contributed by atoms with Crippen molar-refractivity contribution in [3.8, 4) is 0 Å². The number of carbonyl (C=O) groups excluding carboxylic acids is 1. The number of benzene rings is 2. The van der Waals surface area contributed by atoms with Crippen molar-refractivity contribution in [2.75, 3.05) is 26.2 Å². The van der Waals surface area contributed by atoms with Crippen molar-refractivity contribution in [2.45, 2.75) is 18.9 Å². The third-order valence-corrected chi connectivity index (χ3v) is 6.67. The zero-order valence-electron chi connectivity index (χ0n) is 16.3. The second-order valence-electron chi connectivity index (χ2n) is 8.10. The fourth-order valence-corrected chi connectivity index (χ4v) is 4.89. The summed E-state index contributed by atoms with van der Waals surface area (Å²) in [6.45, 7) is 4.37. The number of carbonyl (C=O) groups is 1. The highest BCUT2D eigenvalue weighted by atomic mass is 79.9. The molecule has 4 nitrogen and oxygen atoms in total. The number of halogens is 1. The zero-order chi connectivity index (χ0) is 19.8. The van der Waals surface area contributed by atoms with Crippen LogP contribution < -0.4 is 0 Å². The Morgan fingerprint density at radius 3 is 2.66 bits per heavy atom. The number of pyridine rings is 1. The van der Waals surface area contributed by atoms with Crippen molar-refractivity contribution in [3.05, 3.63) is 76.4 Å². The van der Waals surface area contributed by atoms with Gasteiger partial charge in [-0.3, -0.25) is 14.7 Å². The van der Waals surface area contributed by atoms with E-state index >= 15 is 0 Å². The van der Waals surface area contributed by atoms with Crippen molar-refractivity contribution in [1.29, 1.82) is 0 Å². The van der Waals surface area contributed by atoms with E-state index in [2.05, 4.69) is 73.2 Å². The van der Waals surface area contributed by atoms with Crippen LogP contribution in [-0.2, 0) is 11.3 Å². The van der Waals surface area contributed by atoms with Crippen LogP contribution in [0.1, 0.15) is 23.5 Å². The van der Waals surface area contributed by atoms with Crippen molar-refractivity contribution in [2.24, 2.45) is 5.92 Å². The molecule has 1 amide bonds. The first-order chi connectivity index (χ1) is 14.2. The van der Waals surface area contributed by atoms with Crippen LogP contribution in [0.2, 0.25) is 0 Å². The van der Waals surface area contributed by atoms with Gasteiger partial charge in [-0.1, -0.05) is 52.3 Å². The maximum absolute atomic E-state index is 13.0. The molecule has 5 heteroatoms. The number of para-hydroxylation sites is 1. The van der Waals surface area contributed by atoms with Crippen LogP contribution in [0.25, 0.3) is 10.9 Å². The summed E-state index contributed by atoms with van der Waals surface area (Å²) in [5, 5.41) is 1.19. The molecule has 0 N–H and O–H groups in total. The maximum Gasteiger partial charge on any atom is 0.226 e. The van der Waals surface area contributed by atoms with E-state index in [1.807, 2.05) is 18.3 Å². The topological polar surface area (TPSA) is 36.4 Å². The first kappa shape index (κ1) is 18.8. The standard InChI is InChI=1S/C24H24BrN3O/c25-20-8-2-5-18(14-20)21-15-22(21)24(29)28-12-10-27(11-13-28)16-19-6-1-4-17-7-3-9-26-23(17)19/h1-9,14,21-22H,10-13,15-16H2. The van der Waals surface area contributed by atoms with E-state index < -0.39 is 0 Å². The molecule has 5 rings (SSSR count).